The molecule has 0 aromatic heterocycles. The Balaban J connectivity index is 1.36. The Hall–Kier alpha value is -2.85. The van der Waals surface area contributed by atoms with Crippen LogP contribution in [0.4, 0.5) is 5.69 Å². The van der Waals surface area contributed by atoms with E-state index in [1.54, 1.807) is 72.8 Å². The first-order valence-corrected chi connectivity index (χ1v) is 13.2. The summed E-state index contributed by atoms with van der Waals surface area (Å²) >= 11 is 3.32. The van der Waals surface area contributed by atoms with Crippen LogP contribution in [0.25, 0.3) is 0 Å². The van der Waals surface area contributed by atoms with Crippen LogP contribution in [-0.4, -0.2) is 57.1 Å². The third-order valence-electron chi connectivity index (χ3n) is 5.77. The van der Waals surface area contributed by atoms with Gasteiger partial charge in [-0.1, -0.05) is 58.4 Å². The number of quaternary nitrogens is 1. The first kappa shape index (κ1) is 24.3. The van der Waals surface area contributed by atoms with Gasteiger partial charge >= 0.3 is 0 Å². The summed E-state index contributed by atoms with van der Waals surface area (Å²) in [5.74, 6) is -0.372. The molecule has 0 atom stereocenters. The maximum atomic E-state index is 12.9. The summed E-state index contributed by atoms with van der Waals surface area (Å²) in [7, 11) is -3.56. The molecule has 1 fully saturated rings. The number of carbonyl (C=O) groups is 2. The number of benzene rings is 3. The molecule has 0 unspecified atom stereocenters. The summed E-state index contributed by atoms with van der Waals surface area (Å²) in [6, 6.07) is 22.5. The molecule has 0 spiro atoms. The van der Waals surface area contributed by atoms with Gasteiger partial charge in [-0.05, 0) is 36.4 Å². The minimum absolute atomic E-state index is 0.157. The minimum Gasteiger partial charge on any atom is -0.325 e. The van der Waals surface area contributed by atoms with Gasteiger partial charge < -0.3 is 10.2 Å². The van der Waals surface area contributed by atoms with Crippen LogP contribution in [0.5, 0.6) is 0 Å². The molecular formula is C25H25BrN3O4S+. The number of piperazine rings is 1. The monoisotopic (exact) mass is 542 g/mol. The van der Waals surface area contributed by atoms with Crippen LogP contribution in [0, 0.1) is 0 Å². The SMILES string of the molecule is O=C(C[NH+]1CCN(S(=O)(=O)c2ccc(Br)cc2)CC1)Nc1ccccc1C(=O)c1ccccc1. The zero-order valence-electron chi connectivity index (χ0n) is 18.4. The highest BCUT2D eigenvalue weighted by atomic mass is 79.9. The lowest BCUT2D eigenvalue weighted by molar-refractivity contribution is -0.895. The first-order valence-electron chi connectivity index (χ1n) is 10.9. The van der Waals surface area contributed by atoms with E-state index in [4.69, 9.17) is 0 Å². The second-order valence-electron chi connectivity index (χ2n) is 8.07. The minimum atomic E-state index is -3.56. The molecule has 0 radical (unpaired) electrons. The summed E-state index contributed by atoms with van der Waals surface area (Å²) in [5.41, 5.74) is 1.46. The summed E-state index contributed by atoms with van der Waals surface area (Å²) < 4.78 is 28.0. The fraction of sp³-hybridized carbons (Fsp3) is 0.200. The van der Waals surface area contributed by atoms with Crippen molar-refractivity contribution in [3.8, 4) is 0 Å². The van der Waals surface area contributed by atoms with E-state index in [9.17, 15) is 18.0 Å². The zero-order valence-corrected chi connectivity index (χ0v) is 20.8. The maximum Gasteiger partial charge on any atom is 0.279 e. The molecule has 9 heteroatoms. The predicted octanol–water partition coefficient (Wildman–Crippen LogP) is 2.21. The van der Waals surface area contributed by atoms with E-state index in [1.807, 2.05) is 6.07 Å². The third kappa shape index (κ3) is 5.61. The number of ketones is 1. The molecule has 1 saturated heterocycles. The second-order valence-corrected chi connectivity index (χ2v) is 10.9. The van der Waals surface area contributed by atoms with Crippen LogP contribution in [-0.2, 0) is 14.8 Å². The molecule has 7 nitrogen and oxygen atoms in total. The van der Waals surface area contributed by atoms with Gasteiger partial charge in [-0.3, -0.25) is 9.59 Å². The van der Waals surface area contributed by atoms with Gasteiger partial charge in [-0.25, -0.2) is 8.42 Å². The van der Waals surface area contributed by atoms with E-state index in [-0.39, 0.29) is 23.1 Å². The van der Waals surface area contributed by atoms with Crippen LogP contribution < -0.4 is 10.2 Å². The Morgan fingerprint density at radius 2 is 1.50 bits per heavy atom. The number of hydrogen-bond donors (Lipinski definition) is 2. The average Bonchev–Trinajstić information content (AvgIpc) is 2.85. The lowest BCUT2D eigenvalue weighted by atomic mass is 10.0. The highest BCUT2D eigenvalue weighted by Gasteiger charge is 2.31. The molecule has 3 aromatic rings. The number of carbonyl (C=O) groups excluding carboxylic acids is 2. The molecular weight excluding hydrogens is 518 g/mol. The normalized spacial score (nSPS) is 15.1. The van der Waals surface area contributed by atoms with Crippen molar-refractivity contribution in [3.05, 3.63) is 94.5 Å². The van der Waals surface area contributed by atoms with Gasteiger partial charge in [0.1, 0.15) is 0 Å². The Morgan fingerprint density at radius 1 is 0.882 bits per heavy atom. The number of nitrogens with one attached hydrogen (secondary N) is 2. The summed E-state index contributed by atoms with van der Waals surface area (Å²) in [4.78, 5) is 26.9. The van der Waals surface area contributed by atoms with E-state index < -0.39 is 10.0 Å². The number of nitrogens with zero attached hydrogens (tertiary/aromatic N) is 1. The second kappa shape index (κ2) is 10.6. The van der Waals surface area contributed by atoms with E-state index in [0.29, 0.717) is 43.0 Å². The summed E-state index contributed by atoms with van der Waals surface area (Å²) in [6.07, 6.45) is 0. The predicted molar refractivity (Wildman–Crippen MR) is 133 cm³/mol. The van der Waals surface area contributed by atoms with Crippen LogP contribution in [0.15, 0.2) is 88.2 Å². The van der Waals surface area contributed by atoms with E-state index >= 15 is 0 Å². The lowest BCUT2D eigenvalue weighted by Gasteiger charge is -2.31. The van der Waals surface area contributed by atoms with Gasteiger partial charge in [0.05, 0.1) is 36.8 Å². The fourth-order valence-corrected chi connectivity index (χ4v) is 5.64. The first-order chi connectivity index (χ1) is 16.3. The van der Waals surface area contributed by atoms with Crippen molar-refractivity contribution in [1.82, 2.24) is 4.31 Å². The highest BCUT2D eigenvalue weighted by Crippen LogP contribution is 2.20. The van der Waals surface area contributed by atoms with Crippen LogP contribution in [0.2, 0.25) is 0 Å². The van der Waals surface area contributed by atoms with Crippen LogP contribution in [0.3, 0.4) is 0 Å². The molecule has 34 heavy (non-hydrogen) atoms. The quantitative estimate of drug-likeness (QED) is 0.448. The Morgan fingerprint density at radius 3 is 2.18 bits per heavy atom. The van der Waals surface area contributed by atoms with Crippen LogP contribution >= 0.6 is 15.9 Å². The molecule has 0 saturated carbocycles. The number of halogens is 1. The van der Waals surface area contributed by atoms with Gasteiger partial charge in [0.15, 0.2) is 12.3 Å². The van der Waals surface area contributed by atoms with Crippen molar-refractivity contribution in [2.45, 2.75) is 4.90 Å². The molecule has 1 aliphatic heterocycles. The van der Waals surface area contributed by atoms with Crippen molar-refractivity contribution >= 4 is 43.3 Å². The smallest absolute Gasteiger partial charge is 0.279 e. The highest BCUT2D eigenvalue weighted by molar-refractivity contribution is 9.10. The van der Waals surface area contributed by atoms with E-state index in [1.165, 1.54) is 4.31 Å². The van der Waals surface area contributed by atoms with Gasteiger partial charge in [-0.15, -0.1) is 0 Å². The molecule has 4 rings (SSSR count). The molecule has 176 valence electrons. The van der Waals surface area contributed by atoms with Crippen molar-refractivity contribution in [2.75, 3.05) is 38.0 Å². The van der Waals surface area contributed by atoms with Crippen LogP contribution in [0.1, 0.15) is 15.9 Å². The molecule has 0 aliphatic carbocycles. The summed E-state index contributed by atoms with van der Waals surface area (Å²) in [6.45, 7) is 1.91. The Bertz CT molecular complexity index is 1270. The summed E-state index contributed by atoms with van der Waals surface area (Å²) in [5, 5.41) is 2.86. The number of hydrogen-bond acceptors (Lipinski definition) is 4. The third-order valence-corrected chi connectivity index (χ3v) is 8.21. The average molecular weight is 543 g/mol. The van der Waals surface area contributed by atoms with Crippen molar-refractivity contribution in [2.24, 2.45) is 0 Å². The molecule has 1 aliphatic rings. The zero-order chi connectivity index (χ0) is 24.1. The van der Waals surface area contributed by atoms with Gasteiger partial charge in [0, 0.05) is 15.6 Å². The fourth-order valence-electron chi connectivity index (χ4n) is 3.93. The van der Waals surface area contributed by atoms with Crippen molar-refractivity contribution in [1.29, 1.82) is 0 Å². The Kier molecular flexibility index (Phi) is 7.57. The standard InChI is InChI=1S/C25H24BrN3O4S/c26-20-10-12-21(13-11-20)34(32,33)29-16-14-28(15-17-29)18-24(30)27-23-9-5-4-8-22(23)25(31)19-6-2-1-3-7-19/h1-13H,14-18H2,(H,27,30)/p+1. The van der Waals surface area contributed by atoms with Crippen molar-refractivity contribution in [3.63, 3.8) is 0 Å². The molecule has 2 N–H and O–H groups in total. The lowest BCUT2D eigenvalue weighted by Crippen LogP contribution is -3.15. The maximum absolute atomic E-state index is 12.9. The largest absolute Gasteiger partial charge is 0.325 e. The number of para-hydroxylation sites is 1. The number of sulfonamides is 1. The van der Waals surface area contributed by atoms with E-state index in [0.717, 1.165) is 9.37 Å². The Labute approximate surface area is 207 Å². The molecule has 0 bridgehead atoms. The number of anilines is 1. The van der Waals surface area contributed by atoms with Gasteiger partial charge in [0.25, 0.3) is 5.91 Å². The molecule has 3 aromatic carbocycles. The van der Waals surface area contributed by atoms with Crippen molar-refractivity contribution < 1.29 is 22.9 Å². The van der Waals surface area contributed by atoms with Gasteiger partial charge in [-0.2, -0.15) is 4.31 Å². The number of amides is 1. The topological polar surface area (TPSA) is 88.0 Å². The number of rotatable bonds is 7. The van der Waals surface area contributed by atoms with Gasteiger partial charge in [0.2, 0.25) is 10.0 Å². The van der Waals surface area contributed by atoms with E-state index in [2.05, 4.69) is 21.2 Å². The molecule has 1 heterocycles. The molecule has 1 amide bonds.